The number of carbonyl (C=O) groups is 1. The van der Waals surface area contributed by atoms with Crippen LogP contribution in [0.1, 0.15) is 19.4 Å². The van der Waals surface area contributed by atoms with E-state index in [1.165, 1.54) is 0 Å². The average molecular weight is 368 g/mol. The molecular weight excluding hydrogens is 344 g/mol. The van der Waals surface area contributed by atoms with Crippen molar-refractivity contribution in [1.82, 2.24) is 14.9 Å². The summed E-state index contributed by atoms with van der Waals surface area (Å²) in [6, 6.07) is 7.59. The Balaban J connectivity index is 1.46. The number of nitrogens with zero attached hydrogens (tertiary/aromatic N) is 4. The number of anilines is 1. The summed E-state index contributed by atoms with van der Waals surface area (Å²) in [6.07, 6.45) is 3.48. The van der Waals surface area contributed by atoms with Crippen LogP contribution in [0, 0.1) is 0 Å². The minimum atomic E-state index is -0.638. The summed E-state index contributed by atoms with van der Waals surface area (Å²) >= 11 is 0. The number of piperazine rings is 1. The average Bonchev–Trinajstić information content (AvgIpc) is 2.73. The van der Waals surface area contributed by atoms with Crippen molar-refractivity contribution in [2.75, 3.05) is 44.3 Å². The van der Waals surface area contributed by atoms with Gasteiger partial charge in [0.1, 0.15) is 13.2 Å². The number of fused-ring (bicyclic) bond motifs is 1. The van der Waals surface area contributed by atoms with Crippen molar-refractivity contribution in [2.24, 2.45) is 0 Å². The van der Waals surface area contributed by atoms with E-state index < -0.39 is 5.41 Å². The van der Waals surface area contributed by atoms with Crippen LogP contribution in [-0.2, 0) is 10.2 Å². The van der Waals surface area contributed by atoms with E-state index in [2.05, 4.69) is 14.9 Å². The molecule has 2 aromatic rings. The maximum atomic E-state index is 13.2. The maximum Gasteiger partial charge on any atom is 0.232 e. The molecule has 0 bridgehead atoms. The zero-order valence-corrected chi connectivity index (χ0v) is 15.7. The van der Waals surface area contributed by atoms with Crippen molar-refractivity contribution in [3.8, 4) is 11.5 Å². The smallest absolute Gasteiger partial charge is 0.232 e. The molecule has 0 saturated carbocycles. The molecule has 7 nitrogen and oxygen atoms in total. The molecule has 1 aromatic heterocycles. The number of rotatable bonds is 3. The highest BCUT2D eigenvalue weighted by Crippen LogP contribution is 2.36. The van der Waals surface area contributed by atoms with Gasteiger partial charge in [-0.15, -0.1) is 0 Å². The van der Waals surface area contributed by atoms with Crippen molar-refractivity contribution in [1.29, 1.82) is 0 Å². The second kappa shape index (κ2) is 7.06. The second-order valence-electron chi connectivity index (χ2n) is 7.31. The van der Waals surface area contributed by atoms with Crippen LogP contribution in [0.25, 0.3) is 0 Å². The van der Waals surface area contributed by atoms with Gasteiger partial charge < -0.3 is 19.3 Å². The van der Waals surface area contributed by atoms with Crippen molar-refractivity contribution in [3.63, 3.8) is 0 Å². The van der Waals surface area contributed by atoms with E-state index >= 15 is 0 Å². The molecule has 1 amide bonds. The normalized spacial score (nSPS) is 17.0. The predicted molar refractivity (Wildman–Crippen MR) is 101 cm³/mol. The van der Waals surface area contributed by atoms with Crippen LogP contribution in [0.2, 0.25) is 0 Å². The molecule has 4 rings (SSSR count). The fourth-order valence-electron chi connectivity index (χ4n) is 3.51. The summed E-state index contributed by atoms with van der Waals surface area (Å²) in [7, 11) is 0. The fraction of sp³-hybridized carbons (Fsp3) is 0.450. The van der Waals surface area contributed by atoms with E-state index in [0.29, 0.717) is 32.1 Å². The minimum Gasteiger partial charge on any atom is -0.486 e. The first-order chi connectivity index (χ1) is 13.1. The maximum absolute atomic E-state index is 13.2. The second-order valence-corrected chi connectivity index (χ2v) is 7.31. The fourth-order valence-corrected chi connectivity index (χ4v) is 3.51. The number of benzene rings is 1. The lowest BCUT2D eigenvalue weighted by Crippen LogP contribution is -2.53. The first kappa shape index (κ1) is 17.6. The lowest BCUT2D eigenvalue weighted by atomic mass is 9.82. The Morgan fingerprint density at radius 3 is 2.37 bits per heavy atom. The molecule has 1 aromatic carbocycles. The summed E-state index contributed by atoms with van der Waals surface area (Å²) in [4.78, 5) is 25.9. The molecule has 0 spiro atoms. The van der Waals surface area contributed by atoms with Crippen molar-refractivity contribution >= 4 is 11.9 Å². The Kier molecular flexibility index (Phi) is 4.59. The molecule has 0 atom stereocenters. The zero-order chi connectivity index (χ0) is 18.9. The first-order valence-corrected chi connectivity index (χ1v) is 9.27. The van der Waals surface area contributed by atoms with Crippen LogP contribution >= 0.6 is 0 Å². The Bertz CT molecular complexity index is 817. The molecule has 0 radical (unpaired) electrons. The molecule has 2 aliphatic rings. The molecule has 1 fully saturated rings. The molecule has 27 heavy (non-hydrogen) atoms. The quantitative estimate of drug-likeness (QED) is 0.824. The van der Waals surface area contributed by atoms with Crippen molar-refractivity contribution in [2.45, 2.75) is 19.3 Å². The summed E-state index contributed by atoms with van der Waals surface area (Å²) < 4.78 is 11.3. The van der Waals surface area contributed by atoms with Gasteiger partial charge in [0.15, 0.2) is 11.5 Å². The number of carbonyl (C=O) groups excluding carboxylic acids is 1. The molecule has 7 heteroatoms. The Hall–Kier alpha value is -2.83. The summed E-state index contributed by atoms with van der Waals surface area (Å²) in [5.74, 6) is 2.29. The van der Waals surface area contributed by atoms with Gasteiger partial charge in [-0.2, -0.15) is 0 Å². The molecule has 0 aliphatic carbocycles. The summed E-state index contributed by atoms with van der Waals surface area (Å²) in [5.41, 5.74) is 0.298. The zero-order valence-electron chi connectivity index (χ0n) is 15.7. The lowest BCUT2D eigenvalue weighted by molar-refractivity contribution is -0.136. The monoisotopic (exact) mass is 368 g/mol. The van der Waals surface area contributed by atoms with E-state index in [1.807, 2.05) is 36.9 Å². The molecule has 0 N–H and O–H groups in total. The standard InChI is InChI=1S/C20H24N4O3/c1-20(2,15-4-5-16-17(14-15)27-13-12-26-16)18(25)23-8-10-24(11-9-23)19-21-6-3-7-22-19/h3-7,14H,8-13H2,1-2H3. The van der Waals surface area contributed by atoms with Gasteiger partial charge in [-0.25, -0.2) is 9.97 Å². The van der Waals surface area contributed by atoms with Crippen LogP contribution < -0.4 is 14.4 Å². The van der Waals surface area contributed by atoms with Gasteiger partial charge in [-0.05, 0) is 37.6 Å². The number of hydrogen-bond acceptors (Lipinski definition) is 6. The molecule has 1 saturated heterocycles. The highest BCUT2D eigenvalue weighted by Gasteiger charge is 2.36. The highest BCUT2D eigenvalue weighted by atomic mass is 16.6. The molecule has 0 unspecified atom stereocenters. The van der Waals surface area contributed by atoms with Gasteiger partial charge in [-0.1, -0.05) is 6.07 Å². The Morgan fingerprint density at radius 1 is 1.00 bits per heavy atom. The predicted octanol–water partition coefficient (Wildman–Crippen LogP) is 1.87. The van der Waals surface area contributed by atoms with Gasteiger partial charge in [-0.3, -0.25) is 4.79 Å². The lowest BCUT2D eigenvalue weighted by Gasteiger charge is -2.39. The van der Waals surface area contributed by atoms with Gasteiger partial charge >= 0.3 is 0 Å². The topological polar surface area (TPSA) is 67.8 Å². The largest absolute Gasteiger partial charge is 0.486 e. The Morgan fingerprint density at radius 2 is 1.67 bits per heavy atom. The van der Waals surface area contributed by atoms with Crippen LogP contribution in [-0.4, -0.2) is 60.2 Å². The van der Waals surface area contributed by atoms with E-state index in [9.17, 15) is 4.79 Å². The van der Waals surface area contributed by atoms with Gasteiger partial charge in [0.25, 0.3) is 0 Å². The summed E-state index contributed by atoms with van der Waals surface area (Å²) in [5, 5.41) is 0. The van der Waals surface area contributed by atoms with E-state index in [0.717, 1.165) is 30.4 Å². The van der Waals surface area contributed by atoms with E-state index in [-0.39, 0.29) is 5.91 Å². The van der Waals surface area contributed by atoms with Crippen molar-refractivity contribution < 1.29 is 14.3 Å². The van der Waals surface area contributed by atoms with Crippen LogP contribution in [0.15, 0.2) is 36.7 Å². The number of ether oxygens (including phenoxy) is 2. The van der Waals surface area contributed by atoms with Gasteiger partial charge in [0, 0.05) is 38.6 Å². The van der Waals surface area contributed by atoms with Gasteiger partial charge in [0.2, 0.25) is 11.9 Å². The number of aromatic nitrogens is 2. The van der Waals surface area contributed by atoms with Crippen molar-refractivity contribution in [3.05, 3.63) is 42.2 Å². The number of hydrogen-bond donors (Lipinski definition) is 0. The van der Waals surface area contributed by atoms with Gasteiger partial charge in [0.05, 0.1) is 5.41 Å². The minimum absolute atomic E-state index is 0.118. The molecule has 3 heterocycles. The Labute approximate surface area is 158 Å². The number of amides is 1. The van der Waals surface area contributed by atoms with Crippen LogP contribution in [0.5, 0.6) is 11.5 Å². The van der Waals surface area contributed by atoms with Crippen LogP contribution in [0.3, 0.4) is 0 Å². The third-order valence-electron chi connectivity index (χ3n) is 5.20. The molecule has 2 aliphatic heterocycles. The molecule has 142 valence electrons. The summed E-state index contributed by atoms with van der Waals surface area (Å²) in [6.45, 7) is 7.80. The van der Waals surface area contributed by atoms with Crippen LogP contribution in [0.4, 0.5) is 5.95 Å². The molecular formula is C20H24N4O3. The first-order valence-electron chi connectivity index (χ1n) is 9.27. The third kappa shape index (κ3) is 3.41. The third-order valence-corrected chi connectivity index (χ3v) is 5.20. The SMILES string of the molecule is CC(C)(C(=O)N1CCN(c2ncccn2)CC1)c1ccc2c(c1)OCCO2. The van der Waals surface area contributed by atoms with E-state index in [4.69, 9.17) is 9.47 Å². The highest BCUT2D eigenvalue weighted by molar-refractivity contribution is 5.88. The van der Waals surface area contributed by atoms with E-state index in [1.54, 1.807) is 18.5 Å².